The Hall–Kier alpha value is -2.45. The molecule has 1 heterocycles. The quantitative estimate of drug-likeness (QED) is 0.749. The summed E-state index contributed by atoms with van der Waals surface area (Å²) in [6, 6.07) is 12.0. The van der Waals surface area contributed by atoms with Gasteiger partial charge in [-0.3, -0.25) is 9.10 Å². The molecule has 0 bridgehead atoms. The summed E-state index contributed by atoms with van der Waals surface area (Å²) >= 11 is 5.98. The molecular weight excluding hydrogens is 416 g/mol. The Balaban J connectivity index is 1.69. The third-order valence-corrected chi connectivity index (χ3v) is 5.63. The van der Waals surface area contributed by atoms with Gasteiger partial charge < -0.3 is 14.8 Å². The fourth-order valence-electron chi connectivity index (χ4n) is 2.94. The zero-order chi connectivity index (χ0) is 21.2. The van der Waals surface area contributed by atoms with Crippen LogP contribution in [-0.2, 0) is 21.4 Å². The Labute approximate surface area is 175 Å². The molecule has 0 spiro atoms. The number of benzene rings is 2. The molecule has 2 aromatic carbocycles. The second-order valence-electron chi connectivity index (χ2n) is 7.04. The van der Waals surface area contributed by atoms with Crippen LogP contribution in [-0.4, -0.2) is 39.3 Å². The summed E-state index contributed by atoms with van der Waals surface area (Å²) in [5.74, 6) is 0.646. The van der Waals surface area contributed by atoms with E-state index in [1.54, 1.807) is 12.1 Å². The number of rotatable bonds is 6. The van der Waals surface area contributed by atoms with E-state index < -0.39 is 22.0 Å². The van der Waals surface area contributed by atoms with E-state index >= 15 is 0 Å². The molecule has 0 fully saturated rings. The second-order valence-corrected chi connectivity index (χ2v) is 9.38. The fraction of sp³-hybridized carbons (Fsp3) is 0.350. The molecule has 0 aliphatic carbocycles. The number of carbonyl (C=O) groups is 1. The van der Waals surface area contributed by atoms with Crippen molar-refractivity contribution in [2.75, 3.05) is 17.1 Å². The number of ether oxygens (including phenoxy) is 2. The topological polar surface area (TPSA) is 84.9 Å². The summed E-state index contributed by atoms with van der Waals surface area (Å²) in [6.45, 7) is 4.06. The molecule has 7 nitrogen and oxygen atoms in total. The molecule has 1 aliphatic rings. The molecule has 1 atom stereocenters. The Morgan fingerprint density at radius 3 is 2.59 bits per heavy atom. The van der Waals surface area contributed by atoms with Crippen LogP contribution in [0.2, 0.25) is 5.02 Å². The number of sulfonamides is 1. The largest absolute Gasteiger partial charge is 0.491 e. The van der Waals surface area contributed by atoms with Crippen LogP contribution in [0.15, 0.2) is 42.5 Å². The second kappa shape index (κ2) is 8.51. The van der Waals surface area contributed by atoms with Crippen molar-refractivity contribution in [3.63, 3.8) is 0 Å². The van der Waals surface area contributed by atoms with E-state index in [-0.39, 0.29) is 19.2 Å². The van der Waals surface area contributed by atoms with Crippen molar-refractivity contribution in [3.05, 3.63) is 53.1 Å². The van der Waals surface area contributed by atoms with E-state index in [0.29, 0.717) is 16.5 Å². The Morgan fingerprint density at radius 1 is 1.28 bits per heavy atom. The first-order valence-corrected chi connectivity index (χ1v) is 11.3. The summed E-state index contributed by atoms with van der Waals surface area (Å²) in [7, 11) is -3.60. The minimum Gasteiger partial charge on any atom is -0.491 e. The molecule has 0 saturated carbocycles. The number of carbonyl (C=O) groups excluding carboxylic acids is 1. The number of anilines is 1. The van der Waals surface area contributed by atoms with Gasteiger partial charge in [0.25, 0.3) is 5.91 Å². The predicted molar refractivity (Wildman–Crippen MR) is 112 cm³/mol. The van der Waals surface area contributed by atoms with Gasteiger partial charge in [0.05, 0.1) is 24.6 Å². The summed E-state index contributed by atoms with van der Waals surface area (Å²) in [5, 5.41) is 3.17. The first-order valence-electron chi connectivity index (χ1n) is 9.10. The highest BCUT2D eigenvalue weighted by Crippen LogP contribution is 2.37. The molecule has 0 saturated heterocycles. The minimum atomic E-state index is -3.60. The van der Waals surface area contributed by atoms with Crippen LogP contribution >= 0.6 is 11.6 Å². The maximum atomic E-state index is 12.6. The maximum Gasteiger partial charge on any atom is 0.263 e. The Bertz CT molecular complexity index is 992. The Kier molecular flexibility index (Phi) is 6.24. The molecule has 0 radical (unpaired) electrons. The number of hydrogen-bond acceptors (Lipinski definition) is 5. The lowest BCUT2D eigenvalue weighted by Gasteiger charge is -2.34. The standard InChI is InChI=1S/C20H23ClN2O5S/c1-13(2)27-16-7-4-14(5-8-16)11-22-20(24)19-12-23(29(3,25)26)17-10-15(21)6-9-18(17)28-19/h4-10,13,19H,11-12H2,1-3H3,(H,22,24)/t19-/m0/s1. The van der Waals surface area contributed by atoms with E-state index in [2.05, 4.69) is 5.32 Å². The molecule has 1 amide bonds. The summed E-state index contributed by atoms with van der Waals surface area (Å²) in [6.07, 6.45) is 0.195. The van der Waals surface area contributed by atoms with Gasteiger partial charge in [-0.1, -0.05) is 23.7 Å². The molecular formula is C20H23ClN2O5S. The average Bonchev–Trinajstić information content (AvgIpc) is 2.65. The number of amides is 1. The lowest BCUT2D eigenvalue weighted by molar-refractivity contribution is -0.127. The van der Waals surface area contributed by atoms with Gasteiger partial charge in [-0.2, -0.15) is 0 Å². The van der Waals surface area contributed by atoms with Crippen molar-refractivity contribution in [2.24, 2.45) is 0 Å². The van der Waals surface area contributed by atoms with E-state index in [1.165, 1.54) is 6.07 Å². The third-order valence-electron chi connectivity index (χ3n) is 4.25. The summed E-state index contributed by atoms with van der Waals surface area (Å²) in [4.78, 5) is 12.6. The zero-order valence-corrected chi connectivity index (χ0v) is 18.0. The Morgan fingerprint density at radius 2 is 1.97 bits per heavy atom. The van der Waals surface area contributed by atoms with Crippen molar-refractivity contribution in [1.82, 2.24) is 5.32 Å². The van der Waals surface area contributed by atoms with E-state index in [4.69, 9.17) is 21.1 Å². The van der Waals surface area contributed by atoms with E-state index in [9.17, 15) is 13.2 Å². The van der Waals surface area contributed by atoms with Crippen LogP contribution in [0.1, 0.15) is 19.4 Å². The first kappa shape index (κ1) is 21.3. The van der Waals surface area contributed by atoms with Gasteiger partial charge in [-0.25, -0.2) is 8.42 Å². The average molecular weight is 439 g/mol. The van der Waals surface area contributed by atoms with E-state index in [1.807, 2.05) is 38.1 Å². The highest BCUT2D eigenvalue weighted by atomic mass is 35.5. The van der Waals surface area contributed by atoms with Crippen LogP contribution in [0.5, 0.6) is 11.5 Å². The fourth-order valence-corrected chi connectivity index (χ4v) is 4.01. The summed E-state index contributed by atoms with van der Waals surface area (Å²) < 4.78 is 36.9. The van der Waals surface area contributed by atoms with E-state index in [0.717, 1.165) is 21.9 Å². The van der Waals surface area contributed by atoms with Gasteiger partial charge in [0, 0.05) is 11.6 Å². The van der Waals surface area contributed by atoms with Crippen LogP contribution < -0.4 is 19.1 Å². The maximum absolute atomic E-state index is 12.6. The van der Waals surface area contributed by atoms with Crippen molar-refractivity contribution in [2.45, 2.75) is 32.6 Å². The molecule has 3 rings (SSSR count). The molecule has 156 valence electrons. The normalized spacial score (nSPS) is 16.2. The molecule has 0 unspecified atom stereocenters. The molecule has 29 heavy (non-hydrogen) atoms. The van der Waals surface area contributed by atoms with Gasteiger partial charge in [-0.15, -0.1) is 0 Å². The highest BCUT2D eigenvalue weighted by Gasteiger charge is 2.35. The van der Waals surface area contributed by atoms with Crippen molar-refractivity contribution >= 4 is 33.2 Å². The lowest BCUT2D eigenvalue weighted by atomic mass is 10.2. The summed E-state index contributed by atoms with van der Waals surface area (Å²) in [5.41, 5.74) is 1.21. The molecule has 9 heteroatoms. The molecule has 1 N–H and O–H groups in total. The highest BCUT2D eigenvalue weighted by molar-refractivity contribution is 7.92. The molecule has 0 aromatic heterocycles. The van der Waals surface area contributed by atoms with Crippen LogP contribution in [0, 0.1) is 0 Å². The van der Waals surface area contributed by atoms with Crippen molar-refractivity contribution < 1.29 is 22.7 Å². The SMILES string of the molecule is CC(C)Oc1ccc(CNC(=O)[C@@H]2CN(S(C)(=O)=O)c3cc(Cl)ccc3O2)cc1. The first-order chi connectivity index (χ1) is 13.6. The van der Waals surface area contributed by atoms with Crippen LogP contribution in [0.4, 0.5) is 5.69 Å². The van der Waals surface area contributed by atoms with Crippen molar-refractivity contribution in [1.29, 1.82) is 0 Å². The van der Waals surface area contributed by atoms with Gasteiger partial charge in [0.15, 0.2) is 6.10 Å². The third kappa shape index (κ3) is 5.33. The number of halogens is 1. The van der Waals surface area contributed by atoms with Gasteiger partial charge in [0.1, 0.15) is 11.5 Å². The monoisotopic (exact) mass is 438 g/mol. The van der Waals surface area contributed by atoms with Crippen LogP contribution in [0.3, 0.4) is 0 Å². The number of nitrogens with one attached hydrogen (secondary N) is 1. The van der Waals surface area contributed by atoms with Gasteiger partial charge >= 0.3 is 0 Å². The molecule has 2 aromatic rings. The molecule has 1 aliphatic heterocycles. The number of fused-ring (bicyclic) bond motifs is 1. The lowest BCUT2D eigenvalue weighted by Crippen LogP contribution is -2.50. The van der Waals surface area contributed by atoms with Crippen molar-refractivity contribution in [3.8, 4) is 11.5 Å². The van der Waals surface area contributed by atoms with Gasteiger partial charge in [0.2, 0.25) is 10.0 Å². The van der Waals surface area contributed by atoms with Gasteiger partial charge in [-0.05, 0) is 49.7 Å². The smallest absolute Gasteiger partial charge is 0.263 e. The van der Waals surface area contributed by atoms with Crippen LogP contribution in [0.25, 0.3) is 0 Å². The number of nitrogens with zero attached hydrogens (tertiary/aromatic N) is 1. The zero-order valence-electron chi connectivity index (χ0n) is 16.4. The predicted octanol–water partition coefficient (Wildman–Crippen LogP) is 2.97. The minimum absolute atomic E-state index is 0.0829. The number of hydrogen-bond donors (Lipinski definition) is 1.